The van der Waals surface area contributed by atoms with Crippen LogP contribution in [0.3, 0.4) is 0 Å². The molecule has 5 nitrogen and oxygen atoms in total. The number of rotatable bonds is 4. The zero-order valence-electron chi connectivity index (χ0n) is 15.1. The summed E-state index contributed by atoms with van der Waals surface area (Å²) >= 11 is 0. The number of hydrogen-bond acceptors (Lipinski definition) is 3. The second-order valence-electron chi connectivity index (χ2n) is 6.59. The van der Waals surface area contributed by atoms with E-state index in [9.17, 15) is 9.00 Å². The first kappa shape index (κ1) is 18.1. The van der Waals surface area contributed by atoms with Crippen LogP contribution in [-0.2, 0) is 16.8 Å². The average Bonchev–Trinajstić information content (AvgIpc) is 2.85. The molecule has 3 aromatic rings. The minimum absolute atomic E-state index is 0.00371. The minimum atomic E-state index is -2.67. The monoisotopic (exact) mass is 373 g/mol. The van der Waals surface area contributed by atoms with Crippen molar-refractivity contribution < 1.29 is 13.4 Å². The second-order valence-corrected chi connectivity index (χ2v) is 8.81. The minimum Gasteiger partial charge on any atom is -0.335 e. The molecule has 2 heterocycles. The zero-order valence-corrected chi connectivity index (χ0v) is 15.9. The summed E-state index contributed by atoms with van der Waals surface area (Å²) < 4.78 is 31.2. The van der Waals surface area contributed by atoms with Gasteiger partial charge in [-0.3, -0.25) is 4.79 Å². The number of nitrogens with one attached hydrogen (secondary N) is 1. The summed E-state index contributed by atoms with van der Waals surface area (Å²) in [7, 11) is -0.882. The van der Waals surface area contributed by atoms with E-state index in [0.717, 1.165) is 5.56 Å². The standard InChI is InChI=1S/C19H20FN3O2S/c1-11-8-13-14(10-23(3)19(13)21-9-11)18(24)16-12(2)6-7-15(17(16)20)22-26(4,5)25/h6-10H,4H2,1-3,5H3,(H,22,25). The summed E-state index contributed by atoms with van der Waals surface area (Å²) in [5.41, 5.74) is 2.39. The van der Waals surface area contributed by atoms with Gasteiger partial charge in [0.15, 0.2) is 11.6 Å². The van der Waals surface area contributed by atoms with Gasteiger partial charge in [0, 0.05) is 46.4 Å². The lowest BCUT2D eigenvalue weighted by Gasteiger charge is -2.13. The van der Waals surface area contributed by atoms with Crippen LogP contribution in [0.1, 0.15) is 27.0 Å². The molecule has 0 bridgehead atoms. The Kier molecular flexibility index (Phi) is 4.36. The molecule has 1 aromatic carbocycles. The first-order valence-corrected chi connectivity index (χ1v) is 10.1. The molecule has 0 radical (unpaired) electrons. The van der Waals surface area contributed by atoms with E-state index in [1.54, 1.807) is 37.0 Å². The van der Waals surface area contributed by atoms with Crippen molar-refractivity contribution in [1.82, 2.24) is 9.55 Å². The molecule has 0 aliphatic rings. The third kappa shape index (κ3) is 3.22. The molecule has 0 aliphatic carbocycles. The number of hydrogen-bond donors (Lipinski definition) is 1. The van der Waals surface area contributed by atoms with Gasteiger partial charge < -0.3 is 9.29 Å². The normalized spacial score (nSPS) is 13.6. The number of pyridine rings is 1. The van der Waals surface area contributed by atoms with Crippen LogP contribution in [0, 0.1) is 19.7 Å². The number of benzene rings is 1. The summed E-state index contributed by atoms with van der Waals surface area (Å²) in [6.07, 6.45) is 4.74. The van der Waals surface area contributed by atoms with Crippen LogP contribution in [0.5, 0.6) is 0 Å². The van der Waals surface area contributed by atoms with Crippen molar-refractivity contribution in [2.45, 2.75) is 13.8 Å². The molecule has 0 spiro atoms. The highest BCUT2D eigenvalue weighted by Crippen LogP contribution is 2.28. The van der Waals surface area contributed by atoms with Crippen molar-refractivity contribution in [3.05, 3.63) is 58.7 Å². The molecule has 1 atom stereocenters. The highest BCUT2D eigenvalue weighted by Gasteiger charge is 2.23. The van der Waals surface area contributed by atoms with Gasteiger partial charge in [-0.2, -0.15) is 0 Å². The Morgan fingerprint density at radius 3 is 2.69 bits per heavy atom. The molecule has 0 aliphatic heterocycles. The summed E-state index contributed by atoms with van der Waals surface area (Å²) in [5, 5.41) is 0.672. The van der Waals surface area contributed by atoms with Gasteiger partial charge in [-0.15, -0.1) is 0 Å². The van der Waals surface area contributed by atoms with Crippen molar-refractivity contribution in [1.29, 1.82) is 0 Å². The summed E-state index contributed by atoms with van der Waals surface area (Å²) in [6.45, 7) is 3.55. The molecule has 26 heavy (non-hydrogen) atoms. The van der Waals surface area contributed by atoms with E-state index >= 15 is 4.39 Å². The number of anilines is 1. The van der Waals surface area contributed by atoms with Gasteiger partial charge in [0.2, 0.25) is 0 Å². The van der Waals surface area contributed by atoms with Crippen LogP contribution in [0.15, 0.2) is 30.6 Å². The third-order valence-corrected chi connectivity index (χ3v) is 4.75. The highest BCUT2D eigenvalue weighted by molar-refractivity contribution is 8.00. The highest BCUT2D eigenvalue weighted by atomic mass is 32.2. The topological polar surface area (TPSA) is 64.0 Å². The smallest absolute Gasteiger partial charge is 0.198 e. The van der Waals surface area contributed by atoms with E-state index in [1.807, 2.05) is 13.0 Å². The number of aryl methyl sites for hydroxylation is 3. The maximum Gasteiger partial charge on any atom is 0.198 e. The predicted molar refractivity (Wildman–Crippen MR) is 105 cm³/mol. The molecule has 0 fully saturated rings. The van der Waals surface area contributed by atoms with Gasteiger partial charge in [-0.05, 0) is 43.0 Å². The lowest BCUT2D eigenvalue weighted by atomic mass is 9.97. The molecule has 136 valence electrons. The average molecular weight is 373 g/mol. The van der Waals surface area contributed by atoms with Crippen LogP contribution >= 0.6 is 0 Å². The van der Waals surface area contributed by atoms with Crippen molar-refractivity contribution in [3.63, 3.8) is 0 Å². The third-order valence-electron chi connectivity index (χ3n) is 4.10. The summed E-state index contributed by atoms with van der Waals surface area (Å²) in [4.78, 5) is 17.5. The fourth-order valence-corrected chi connectivity index (χ4v) is 3.57. The molecule has 0 amide bonds. The van der Waals surface area contributed by atoms with Crippen molar-refractivity contribution >= 4 is 38.1 Å². The Bertz CT molecular complexity index is 1150. The van der Waals surface area contributed by atoms with Crippen molar-refractivity contribution in [3.8, 4) is 0 Å². The van der Waals surface area contributed by atoms with Gasteiger partial charge in [0.1, 0.15) is 5.65 Å². The van der Waals surface area contributed by atoms with E-state index in [2.05, 4.69) is 15.6 Å². The molecule has 7 heteroatoms. The first-order chi connectivity index (χ1) is 12.1. The number of halogens is 1. The molecule has 2 aromatic heterocycles. The quantitative estimate of drug-likeness (QED) is 0.564. The van der Waals surface area contributed by atoms with E-state index < -0.39 is 21.3 Å². The molecular weight excluding hydrogens is 353 g/mol. The van der Waals surface area contributed by atoms with Gasteiger partial charge in [0.25, 0.3) is 0 Å². The van der Waals surface area contributed by atoms with Crippen LogP contribution < -0.4 is 4.72 Å². The van der Waals surface area contributed by atoms with E-state index in [4.69, 9.17) is 0 Å². The lowest BCUT2D eigenvalue weighted by Crippen LogP contribution is -2.14. The van der Waals surface area contributed by atoms with Gasteiger partial charge >= 0.3 is 0 Å². The summed E-state index contributed by atoms with van der Waals surface area (Å²) in [5.74, 6) is 2.30. The van der Waals surface area contributed by atoms with Gasteiger partial charge in [0.05, 0.1) is 11.3 Å². The molecule has 0 saturated heterocycles. The van der Waals surface area contributed by atoms with Gasteiger partial charge in [-0.1, -0.05) is 6.07 Å². The van der Waals surface area contributed by atoms with E-state index in [0.29, 0.717) is 22.2 Å². The Balaban J connectivity index is 2.20. The number of ketones is 1. The van der Waals surface area contributed by atoms with Crippen molar-refractivity contribution in [2.75, 3.05) is 11.0 Å². The Morgan fingerprint density at radius 2 is 2.04 bits per heavy atom. The zero-order chi connectivity index (χ0) is 19.2. The van der Waals surface area contributed by atoms with E-state index in [1.165, 1.54) is 12.3 Å². The number of carbonyl (C=O) groups is 1. The Labute approximate surface area is 152 Å². The van der Waals surface area contributed by atoms with Crippen LogP contribution in [-0.4, -0.2) is 31.7 Å². The van der Waals surface area contributed by atoms with Crippen LogP contribution in [0.25, 0.3) is 11.0 Å². The van der Waals surface area contributed by atoms with E-state index in [-0.39, 0.29) is 11.3 Å². The van der Waals surface area contributed by atoms with Crippen molar-refractivity contribution in [2.24, 2.45) is 7.05 Å². The number of carbonyl (C=O) groups excluding carboxylic acids is 1. The lowest BCUT2D eigenvalue weighted by molar-refractivity contribution is 0.103. The first-order valence-electron chi connectivity index (χ1n) is 7.94. The molecule has 1 unspecified atom stereocenters. The number of nitrogens with zero attached hydrogens (tertiary/aromatic N) is 2. The Morgan fingerprint density at radius 1 is 1.35 bits per heavy atom. The number of fused-ring (bicyclic) bond motifs is 1. The molecular formula is C19H20FN3O2S. The SMILES string of the molecule is C=S(C)(=O)Nc1ccc(C)c(C(=O)c2cn(C)c3ncc(C)cc23)c1F. The number of aromatic nitrogens is 2. The fourth-order valence-electron chi connectivity index (χ4n) is 2.94. The largest absolute Gasteiger partial charge is 0.335 e. The van der Waals surface area contributed by atoms with Gasteiger partial charge in [-0.25, -0.2) is 13.6 Å². The fraction of sp³-hybridized carbons (Fsp3) is 0.211. The maximum atomic E-state index is 15.0. The van der Waals surface area contributed by atoms with Crippen LogP contribution in [0.2, 0.25) is 0 Å². The predicted octanol–water partition coefficient (Wildman–Crippen LogP) is 3.23. The maximum absolute atomic E-state index is 15.0. The second kappa shape index (κ2) is 6.25. The summed E-state index contributed by atoms with van der Waals surface area (Å²) in [6, 6.07) is 4.95. The van der Waals surface area contributed by atoms with Crippen LogP contribution in [0.4, 0.5) is 10.1 Å². The Hall–Kier alpha value is -2.67. The molecule has 1 N–H and O–H groups in total. The molecule has 0 saturated carbocycles. The molecule has 3 rings (SSSR count).